The van der Waals surface area contributed by atoms with E-state index in [1.807, 2.05) is 12.1 Å². The van der Waals surface area contributed by atoms with Gasteiger partial charge in [0.05, 0.1) is 0 Å². The third kappa shape index (κ3) is 6.99. The van der Waals surface area contributed by atoms with Gasteiger partial charge in [-0.25, -0.2) is 9.59 Å². The lowest BCUT2D eigenvalue weighted by Crippen LogP contribution is -2.17. The molecule has 1 heterocycles. The molecule has 0 unspecified atom stereocenters. The van der Waals surface area contributed by atoms with Crippen molar-refractivity contribution in [1.29, 1.82) is 0 Å². The summed E-state index contributed by atoms with van der Waals surface area (Å²) in [6.45, 7) is 2.03. The minimum Gasteiger partial charge on any atom is -0.478 e. The van der Waals surface area contributed by atoms with Gasteiger partial charge in [0.25, 0.3) is 0 Å². The number of fused-ring (bicyclic) bond motifs is 1. The predicted octanol–water partition coefficient (Wildman–Crippen LogP) is 2.57. The molecule has 0 fully saturated rings. The first-order valence-corrected chi connectivity index (χ1v) is 7.20. The third-order valence-electron chi connectivity index (χ3n) is 2.89. The highest BCUT2D eigenvalue weighted by Gasteiger charge is 2.01. The number of rotatable bonds is 5. The van der Waals surface area contributed by atoms with Gasteiger partial charge in [0, 0.05) is 42.0 Å². The van der Waals surface area contributed by atoms with Crippen LogP contribution in [0.2, 0.25) is 5.02 Å². The molecular weight excluding hydrogens is 320 g/mol. The van der Waals surface area contributed by atoms with E-state index in [1.165, 1.54) is 10.9 Å². The van der Waals surface area contributed by atoms with E-state index in [2.05, 4.69) is 41.9 Å². The molecule has 1 aromatic carbocycles. The van der Waals surface area contributed by atoms with Crippen molar-refractivity contribution < 1.29 is 19.8 Å². The largest absolute Gasteiger partial charge is 0.478 e. The summed E-state index contributed by atoms with van der Waals surface area (Å²) in [5, 5.41) is 17.7. The molecule has 1 aromatic heterocycles. The fraction of sp³-hybridized carbons (Fsp3) is 0.250. The average molecular weight is 339 g/mol. The van der Waals surface area contributed by atoms with Gasteiger partial charge in [-0.05, 0) is 37.7 Å². The number of aliphatic carboxylic acids is 2. The van der Waals surface area contributed by atoms with Crippen molar-refractivity contribution >= 4 is 34.4 Å². The number of nitrogens with zero attached hydrogens (tertiary/aromatic N) is 2. The van der Waals surface area contributed by atoms with E-state index in [9.17, 15) is 9.59 Å². The quantitative estimate of drug-likeness (QED) is 0.819. The van der Waals surface area contributed by atoms with Crippen LogP contribution in [0.15, 0.2) is 42.6 Å². The van der Waals surface area contributed by atoms with Crippen molar-refractivity contribution in [2.75, 3.05) is 20.6 Å². The van der Waals surface area contributed by atoms with Gasteiger partial charge in [0.1, 0.15) is 0 Å². The Bertz CT molecular complexity index is 691. The molecular formula is C16H19ClN2O4. The number of carbonyl (C=O) groups is 2. The first kappa shape index (κ1) is 18.7. The molecule has 0 atom stereocenters. The lowest BCUT2D eigenvalue weighted by Gasteiger charge is -2.11. The zero-order valence-corrected chi connectivity index (χ0v) is 13.7. The molecule has 0 aliphatic carbocycles. The smallest absolute Gasteiger partial charge is 0.328 e. The molecule has 2 rings (SSSR count). The van der Waals surface area contributed by atoms with Gasteiger partial charge in [-0.15, -0.1) is 0 Å². The van der Waals surface area contributed by atoms with E-state index in [0.717, 1.165) is 18.1 Å². The Balaban J connectivity index is 0.000000284. The second kappa shape index (κ2) is 8.97. The number of carboxylic acid groups (broad SMARTS) is 2. The Morgan fingerprint density at radius 1 is 1.17 bits per heavy atom. The fourth-order valence-corrected chi connectivity index (χ4v) is 1.97. The fourth-order valence-electron chi connectivity index (χ4n) is 1.80. The second-order valence-electron chi connectivity index (χ2n) is 5.03. The maximum Gasteiger partial charge on any atom is 0.328 e. The highest BCUT2D eigenvalue weighted by molar-refractivity contribution is 6.31. The summed E-state index contributed by atoms with van der Waals surface area (Å²) in [7, 11) is 4.16. The lowest BCUT2D eigenvalue weighted by molar-refractivity contribution is -0.134. The SMILES string of the molecule is CN(C)CCn1ccc2ccc(Cl)cc21.O=C(O)C=CC(=O)O. The van der Waals surface area contributed by atoms with Gasteiger partial charge >= 0.3 is 11.9 Å². The van der Waals surface area contributed by atoms with Crippen molar-refractivity contribution in [3.63, 3.8) is 0 Å². The summed E-state index contributed by atoms with van der Waals surface area (Å²) in [5.41, 5.74) is 1.21. The van der Waals surface area contributed by atoms with Gasteiger partial charge in [-0.1, -0.05) is 17.7 Å². The van der Waals surface area contributed by atoms with Crippen molar-refractivity contribution in [2.24, 2.45) is 0 Å². The van der Waals surface area contributed by atoms with Gasteiger partial charge in [-0.3, -0.25) is 0 Å². The van der Waals surface area contributed by atoms with Crippen LogP contribution in [0, 0.1) is 0 Å². The van der Waals surface area contributed by atoms with Gasteiger partial charge in [-0.2, -0.15) is 0 Å². The van der Waals surface area contributed by atoms with Crippen LogP contribution in [0.5, 0.6) is 0 Å². The van der Waals surface area contributed by atoms with E-state index < -0.39 is 11.9 Å². The molecule has 6 nitrogen and oxygen atoms in total. The summed E-state index contributed by atoms with van der Waals surface area (Å²) in [6.07, 6.45) is 3.23. The Kier molecular flexibility index (Phi) is 7.31. The van der Waals surface area contributed by atoms with E-state index >= 15 is 0 Å². The molecule has 0 spiro atoms. The molecule has 0 radical (unpaired) electrons. The Morgan fingerprint density at radius 3 is 2.30 bits per heavy atom. The first-order valence-electron chi connectivity index (χ1n) is 6.82. The Labute approximate surface area is 139 Å². The standard InChI is InChI=1S/C12H15ClN2.C4H4O4/c1-14(2)7-8-15-6-5-10-3-4-11(13)9-12(10)15;5-3(6)1-2-4(7)8/h3-6,9H,7-8H2,1-2H3;1-2H,(H,5,6)(H,7,8). The highest BCUT2D eigenvalue weighted by Crippen LogP contribution is 2.20. The molecule has 0 aliphatic rings. The topological polar surface area (TPSA) is 82.8 Å². The highest BCUT2D eigenvalue weighted by atomic mass is 35.5. The molecule has 0 saturated carbocycles. The number of aromatic nitrogens is 1. The second-order valence-corrected chi connectivity index (χ2v) is 5.46. The number of benzene rings is 1. The van der Waals surface area contributed by atoms with Crippen LogP contribution in [0.4, 0.5) is 0 Å². The number of hydrogen-bond donors (Lipinski definition) is 2. The van der Waals surface area contributed by atoms with Crippen LogP contribution < -0.4 is 0 Å². The van der Waals surface area contributed by atoms with E-state index in [0.29, 0.717) is 12.2 Å². The zero-order valence-electron chi connectivity index (χ0n) is 12.9. The van der Waals surface area contributed by atoms with Crippen molar-refractivity contribution in [1.82, 2.24) is 9.47 Å². The van der Waals surface area contributed by atoms with Gasteiger partial charge < -0.3 is 19.7 Å². The molecule has 124 valence electrons. The number of halogens is 1. The first-order chi connectivity index (χ1) is 10.8. The monoisotopic (exact) mass is 338 g/mol. The van der Waals surface area contributed by atoms with Gasteiger partial charge in [0.2, 0.25) is 0 Å². The zero-order chi connectivity index (χ0) is 17.4. The normalized spacial score (nSPS) is 10.8. The number of carboxylic acids is 2. The minimum atomic E-state index is -1.26. The molecule has 0 bridgehead atoms. The summed E-state index contributed by atoms with van der Waals surface area (Å²) < 4.78 is 2.24. The molecule has 7 heteroatoms. The maximum absolute atomic E-state index is 9.55. The van der Waals surface area contributed by atoms with Crippen LogP contribution in [-0.4, -0.2) is 52.3 Å². The summed E-state index contributed by atoms with van der Waals surface area (Å²) in [6, 6.07) is 8.14. The van der Waals surface area contributed by atoms with E-state index in [-0.39, 0.29) is 0 Å². The van der Waals surface area contributed by atoms with Crippen molar-refractivity contribution in [2.45, 2.75) is 6.54 Å². The summed E-state index contributed by atoms with van der Waals surface area (Å²) in [4.78, 5) is 21.3. The summed E-state index contributed by atoms with van der Waals surface area (Å²) in [5.74, 6) is -2.51. The van der Waals surface area contributed by atoms with Crippen LogP contribution in [0.25, 0.3) is 10.9 Å². The minimum absolute atomic E-state index is 0.558. The predicted molar refractivity (Wildman–Crippen MR) is 89.9 cm³/mol. The molecule has 0 amide bonds. The van der Waals surface area contributed by atoms with E-state index in [4.69, 9.17) is 21.8 Å². The Morgan fingerprint density at radius 2 is 1.78 bits per heavy atom. The van der Waals surface area contributed by atoms with Crippen LogP contribution in [-0.2, 0) is 16.1 Å². The van der Waals surface area contributed by atoms with E-state index in [1.54, 1.807) is 0 Å². The van der Waals surface area contributed by atoms with Crippen LogP contribution >= 0.6 is 11.6 Å². The molecule has 2 N–H and O–H groups in total. The molecule has 23 heavy (non-hydrogen) atoms. The van der Waals surface area contributed by atoms with Crippen LogP contribution in [0.3, 0.4) is 0 Å². The summed E-state index contributed by atoms with van der Waals surface area (Å²) >= 11 is 5.99. The Hall–Kier alpha value is -2.31. The maximum atomic E-state index is 9.55. The number of likely N-dealkylation sites (N-methyl/N-ethyl adjacent to an activating group) is 1. The molecule has 0 saturated heterocycles. The molecule has 2 aromatic rings. The van der Waals surface area contributed by atoms with Crippen LogP contribution in [0.1, 0.15) is 0 Å². The lowest BCUT2D eigenvalue weighted by atomic mass is 10.2. The number of hydrogen-bond acceptors (Lipinski definition) is 3. The molecule has 0 aliphatic heterocycles. The third-order valence-corrected chi connectivity index (χ3v) is 3.13. The van der Waals surface area contributed by atoms with Crippen molar-refractivity contribution in [3.05, 3.63) is 47.6 Å². The van der Waals surface area contributed by atoms with Crippen molar-refractivity contribution in [3.8, 4) is 0 Å². The average Bonchev–Trinajstić information content (AvgIpc) is 2.86. The van der Waals surface area contributed by atoms with Gasteiger partial charge in [0.15, 0.2) is 0 Å².